The van der Waals surface area contributed by atoms with Crippen molar-refractivity contribution < 1.29 is 9.84 Å². The number of fused-ring (bicyclic) bond motifs is 1. The molecule has 2 heterocycles. The molecule has 2 fully saturated rings. The van der Waals surface area contributed by atoms with E-state index in [1.165, 1.54) is 36.9 Å². The van der Waals surface area contributed by atoms with Crippen molar-refractivity contribution >= 4 is 0 Å². The van der Waals surface area contributed by atoms with Crippen molar-refractivity contribution in [1.29, 1.82) is 0 Å². The van der Waals surface area contributed by atoms with Gasteiger partial charge in [-0.05, 0) is 63.0 Å². The molecule has 5 rings (SSSR count). The van der Waals surface area contributed by atoms with Crippen LogP contribution in [0.3, 0.4) is 0 Å². The molecule has 0 spiro atoms. The van der Waals surface area contributed by atoms with E-state index < -0.39 is 0 Å². The molecule has 150 valence electrons. The molecule has 1 aromatic heterocycles. The molecule has 28 heavy (non-hydrogen) atoms. The fourth-order valence-corrected chi connectivity index (χ4v) is 4.66. The maximum Gasteiger partial charge on any atom is 0.124 e. The molecule has 0 bridgehead atoms. The molecule has 2 aromatic rings. The lowest BCUT2D eigenvalue weighted by Crippen LogP contribution is -2.23. The van der Waals surface area contributed by atoms with Gasteiger partial charge < -0.3 is 9.84 Å². The molecule has 0 saturated heterocycles. The summed E-state index contributed by atoms with van der Waals surface area (Å²) in [7, 11) is 0. The second kappa shape index (κ2) is 7.88. The van der Waals surface area contributed by atoms with E-state index in [0.717, 1.165) is 56.9 Å². The number of aliphatic hydroxyl groups excluding tert-OH is 1. The van der Waals surface area contributed by atoms with Gasteiger partial charge in [0.1, 0.15) is 11.9 Å². The lowest BCUT2D eigenvalue weighted by molar-refractivity contribution is 0.148. The van der Waals surface area contributed by atoms with Crippen LogP contribution in [-0.4, -0.2) is 32.4 Å². The molecule has 5 heteroatoms. The number of hydrogen-bond donors (Lipinski definition) is 1. The normalized spacial score (nSPS) is 22.0. The van der Waals surface area contributed by atoms with Crippen LogP contribution in [0.4, 0.5) is 0 Å². The predicted octanol–water partition coefficient (Wildman–Crippen LogP) is 4.05. The quantitative estimate of drug-likeness (QED) is 0.820. The third-order valence-corrected chi connectivity index (χ3v) is 6.45. The van der Waals surface area contributed by atoms with Gasteiger partial charge in [0.25, 0.3) is 0 Å². The van der Waals surface area contributed by atoms with E-state index in [1.54, 1.807) is 0 Å². The Balaban J connectivity index is 1.29. The molecule has 0 amide bonds. The second-order valence-electron chi connectivity index (χ2n) is 8.76. The summed E-state index contributed by atoms with van der Waals surface area (Å²) >= 11 is 0. The smallest absolute Gasteiger partial charge is 0.124 e. The van der Waals surface area contributed by atoms with Crippen LogP contribution in [0.1, 0.15) is 68.0 Å². The number of benzene rings is 1. The van der Waals surface area contributed by atoms with Crippen molar-refractivity contribution in [2.45, 2.75) is 76.8 Å². The standard InChI is InChI=1S/C23H31N3O2/c27-23(17-10-11-17)21-14-19-16-25(12-5-13-26(19)24-21)15-18-6-1-4-9-22(18)28-20-7-2-3-8-20/h1,4,6,9,14,17,20,23,27H,2-3,5,7-8,10-13,15-16H2. The van der Waals surface area contributed by atoms with Crippen molar-refractivity contribution in [3.8, 4) is 5.75 Å². The Morgan fingerprint density at radius 1 is 1.07 bits per heavy atom. The third kappa shape index (κ3) is 3.96. The number of hydrogen-bond acceptors (Lipinski definition) is 4. The molecule has 2 saturated carbocycles. The minimum Gasteiger partial charge on any atom is -0.490 e. The molecular formula is C23H31N3O2. The summed E-state index contributed by atoms with van der Waals surface area (Å²) in [6.45, 7) is 3.77. The Labute approximate surface area is 167 Å². The van der Waals surface area contributed by atoms with Crippen LogP contribution in [0, 0.1) is 5.92 Å². The average molecular weight is 382 g/mol. The highest BCUT2D eigenvalue weighted by Crippen LogP contribution is 2.40. The number of aliphatic hydroxyl groups is 1. The summed E-state index contributed by atoms with van der Waals surface area (Å²) in [5.41, 5.74) is 3.37. The van der Waals surface area contributed by atoms with E-state index >= 15 is 0 Å². The summed E-state index contributed by atoms with van der Waals surface area (Å²) in [6.07, 6.45) is 8.30. The number of rotatable bonds is 6. The molecule has 5 nitrogen and oxygen atoms in total. The van der Waals surface area contributed by atoms with Crippen LogP contribution in [0.5, 0.6) is 5.75 Å². The zero-order chi connectivity index (χ0) is 18.9. The van der Waals surface area contributed by atoms with Crippen molar-refractivity contribution in [1.82, 2.24) is 14.7 Å². The lowest BCUT2D eigenvalue weighted by Gasteiger charge is -2.22. The third-order valence-electron chi connectivity index (χ3n) is 6.45. The first kappa shape index (κ1) is 18.2. The molecule has 3 aliphatic rings. The summed E-state index contributed by atoms with van der Waals surface area (Å²) in [5.74, 6) is 1.48. The highest BCUT2D eigenvalue weighted by Gasteiger charge is 2.33. The van der Waals surface area contributed by atoms with E-state index in [4.69, 9.17) is 9.84 Å². The highest BCUT2D eigenvalue weighted by molar-refractivity contribution is 5.33. The number of para-hydroxylation sites is 1. The SMILES string of the molecule is OC(c1cc2n(n1)CCCN(Cc1ccccc1OC1CCCC1)C2)C1CC1. The van der Waals surface area contributed by atoms with E-state index in [2.05, 4.69) is 39.9 Å². The van der Waals surface area contributed by atoms with Crippen molar-refractivity contribution in [2.24, 2.45) is 5.92 Å². The van der Waals surface area contributed by atoms with Crippen LogP contribution < -0.4 is 4.74 Å². The summed E-state index contributed by atoms with van der Waals surface area (Å²) < 4.78 is 8.45. The van der Waals surface area contributed by atoms with Gasteiger partial charge in [-0.1, -0.05) is 18.2 Å². The summed E-state index contributed by atoms with van der Waals surface area (Å²) in [4.78, 5) is 2.49. The Bertz CT molecular complexity index is 808. The minimum atomic E-state index is -0.381. The fourth-order valence-electron chi connectivity index (χ4n) is 4.66. The van der Waals surface area contributed by atoms with Crippen LogP contribution in [0.2, 0.25) is 0 Å². The molecule has 2 aliphatic carbocycles. The van der Waals surface area contributed by atoms with Gasteiger partial charge in [0.2, 0.25) is 0 Å². The van der Waals surface area contributed by atoms with E-state index in [-0.39, 0.29) is 6.10 Å². The monoisotopic (exact) mass is 381 g/mol. The van der Waals surface area contributed by atoms with Gasteiger partial charge in [0.05, 0.1) is 17.5 Å². The summed E-state index contributed by atoms with van der Waals surface area (Å²) in [5, 5.41) is 15.2. The van der Waals surface area contributed by atoms with Crippen LogP contribution in [-0.2, 0) is 19.6 Å². The highest BCUT2D eigenvalue weighted by atomic mass is 16.5. The number of ether oxygens (including phenoxy) is 1. The van der Waals surface area contributed by atoms with Gasteiger partial charge in [-0.25, -0.2) is 0 Å². The van der Waals surface area contributed by atoms with Crippen molar-refractivity contribution in [3.05, 3.63) is 47.3 Å². The maximum atomic E-state index is 10.4. The Hall–Kier alpha value is -1.85. The van der Waals surface area contributed by atoms with Crippen LogP contribution >= 0.6 is 0 Å². The number of nitrogens with zero attached hydrogens (tertiary/aromatic N) is 3. The minimum absolute atomic E-state index is 0.381. The van der Waals surface area contributed by atoms with Gasteiger partial charge >= 0.3 is 0 Å². The Morgan fingerprint density at radius 3 is 2.71 bits per heavy atom. The Morgan fingerprint density at radius 2 is 1.89 bits per heavy atom. The van der Waals surface area contributed by atoms with Gasteiger partial charge in [0, 0.05) is 31.7 Å². The van der Waals surface area contributed by atoms with E-state index in [0.29, 0.717) is 12.0 Å². The second-order valence-corrected chi connectivity index (χ2v) is 8.76. The van der Waals surface area contributed by atoms with E-state index in [1.807, 2.05) is 0 Å². The van der Waals surface area contributed by atoms with Crippen LogP contribution in [0.25, 0.3) is 0 Å². The molecule has 1 aromatic carbocycles. The molecule has 0 radical (unpaired) electrons. The first-order valence-electron chi connectivity index (χ1n) is 11.0. The molecule has 1 atom stereocenters. The predicted molar refractivity (Wildman–Crippen MR) is 108 cm³/mol. The zero-order valence-corrected chi connectivity index (χ0v) is 16.6. The summed E-state index contributed by atoms with van der Waals surface area (Å²) in [6, 6.07) is 10.6. The number of aromatic nitrogens is 2. The first-order chi connectivity index (χ1) is 13.8. The lowest BCUT2D eigenvalue weighted by atomic mass is 10.1. The molecule has 1 unspecified atom stereocenters. The van der Waals surface area contributed by atoms with Gasteiger partial charge in [0.15, 0.2) is 0 Å². The molecule has 1 N–H and O–H groups in total. The molecular weight excluding hydrogens is 350 g/mol. The Kier molecular flexibility index (Phi) is 5.12. The zero-order valence-electron chi connectivity index (χ0n) is 16.6. The van der Waals surface area contributed by atoms with Gasteiger partial charge in [-0.15, -0.1) is 0 Å². The van der Waals surface area contributed by atoms with Crippen molar-refractivity contribution in [2.75, 3.05) is 6.54 Å². The van der Waals surface area contributed by atoms with Gasteiger partial charge in [-0.3, -0.25) is 9.58 Å². The number of aryl methyl sites for hydroxylation is 1. The maximum absolute atomic E-state index is 10.4. The average Bonchev–Trinajstić information content (AvgIpc) is 3.35. The fraction of sp³-hybridized carbons (Fsp3) is 0.609. The van der Waals surface area contributed by atoms with Gasteiger partial charge in [-0.2, -0.15) is 5.10 Å². The molecule has 1 aliphatic heterocycles. The van der Waals surface area contributed by atoms with E-state index in [9.17, 15) is 5.11 Å². The first-order valence-corrected chi connectivity index (χ1v) is 11.0. The van der Waals surface area contributed by atoms with Crippen LogP contribution in [0.15, 0.2) is 30.3 Å². The van der Waals surface area contributed by atoms with Crippen molar-refractivity contribution in [3.63, 3.8) is 0 Å². The largest absolute Gasteiger partial charge is 0.490 e. The topological polar surface area (TPSA) is 50.5 Å².